The van der Waals surface area contributed by atoms with Gasteiger partial charge in [-0.2, -0.15) is 0 Å². The van der Waals surface area contributed by atoms with Crippen LogP contribution in [0.25, 0.3) is 110 Å². The van der Waals surface area contributed by atoms with E-state index in [-0.39, 0.29) is 10.8 Å². The van der Waals surface area contributed by atoms with Crippen LogP contribution in [-0.4, -0.2) is 0 Å². The Hall–Kier alpha value is -9.70. The Morgan fingerprint density at radius 2 is 0.800 bits per heavy atom. The second-order valence-corrected chi connectivity index (χ2v) is 23.8. The van der Waals surface area contributed by atoms with Gasteiger partial charge in [0.1, 0.15) is 22.3 Å². The summed E-state index contributed by atoms with van der Waals surface area (Å²) in [4.78, 5) is 2.53. The van der Waals surface area contributed by atoms with Gasteiger partial charge in [0.2, 0.25) is 0 Å². The average Bonchev–Trinajstić information content (AvgIpc) is 3.44. The summed E-state index contributed by atoms with van der Waals surface area (Å²) in [5.74, 6) is 0. The summed E-state index contributed by atoms with van der Waals surface area (Å²) in [5.41, 5.74) is 28.7. The molecule has 0 bridgehead atoms. The maximum absolute atomic E-state index is 7.07. The summed E-state index contributed by atoms with van der Waals surface area (Å²) in [6.07, 6.45) is 0. The molecule has 0 amide bonds. The Morgan fingerprint density at radius 1 is 0.312 bits per heavy atom. The van der Waals surface area contributed by atoms with E-state index < -0.39 is 5.41 Å². The van der Waals surface area contributed by atoms with E-state index in [4.69, 9.17) is 8.83 Å². The Labute approximate surface area is 463 Å². The van der Waals surface area contributed by atoms with Gasteiger partial charge in [-0.15, -0.1) is 0 Å². The first-order chi connectivity index (χ1) is 39.2. The molecule has 0 saturated carbocycles. The van der Waals surface area contributed by atoms with Crippen LogP contribution in [0, 0.1) is 0 Å². The third-order valence-corrected chi connectivity index (χ3v) is 19.2. The fourth-order valence-corrected chi connectivity index (χ4v) is 15.9. The molecule has 0 N–H and O–H groups in total. The van der Waals surface area contributed by atoms with Gasteiger partial charge < -0.3 is 13.7 Å². The zero-order chi connectivity index (χ0) is 53.0. The van der Waals surface area contributed by atoms with Crippen LogP contribution in [0.5, 0.6) is 0 Å². The van der Waals surface area contributed by atoms with Crippen LogP contribution in [0.1, 0.15) is 72.2 Å². The van der Waals surface area contributed by atoms with Crippen molar-refractivity contribution in [3.8, 4) is 55.6 Å². The zero-order valence-corrected chi connectivity index (χ0v) is 44.8. The van der Waals surface area contributed by atoms with Crippen LogP contribution in [0.4, 0.5) is 17.1 Å². The molecule has 18 rings (SSSR count). The number of fused-ring (bicyclic) bond motifs is 27. The predicted octanol–water partition coefficient (Wildman–Crippen LogP) is 20.7. The monoisotopic (exact) mass is 1020 g/mol. The van der Waals surface area contributed by atoms with E-state index in [0.717, 1.165) is 66.7 Å². The summed E-state index contributed by atoms with van der Waals surface area (Å²) in [5, 5.41) is 7.07. The number of nitrogens with zero attached hydrogens (tertiary/aromatic N) is 1. The van der Waals surface area contributed by atoms with Gasteiger partial charge in [-0.3, -0.25) is 0 Å². The maximum Gasteiger partial charge on any atom is 0.144 e. The number of para-hydroxylation sites is 2. The second kappa shape index (κ2) is 15.3. The first-order valence-corrected chi connectivity index (χ1v) is 28.2. The van der Waals surface area contributed by atoms with Crippen LogP contribution in [0.3, 0.4) is 0 Å². The molecule has 1 spiro atoms. The number of hydrogen-bond acceptors (Lipinski definition) is 3. The predicted molar refractivity (Wildman–Crippen MR) is 330 cm³/mol. The van der Waals surface area contributed by atoms with Crippen molar-refractivity contribution in [3.63, 3.8) is 0 Å². The molecular formula is C77H51NO2. The summed E-state index contributed by atoms with van der Waals surface area (Å²) in [7, 11) is 0. The fourth-order valence-electron chi connectivity index (χ4n) is 15.9. The lowest BCUT2D eigenvalue weighted by Gasteiger charge is -2.33. The SMILES string of the molecule is CC1(C)c2ccccc2-c2c1c1c(c3c2oc2ccccc23)-c2ccc(N(c3ccc4c(c3)C3(c5ccccc5-c5ccccc53)c3cc(-c5ccccc5)c5oc6ccccc6c5c3-4)c3ccc4ccccc4c3)cc2C1(C)C. The molecule has 4 aliphatic rings. The minimum atomic E-state index is -0.649. The molecule has 3 nitrogen and oxygen atoms in total. The molecule has 0 unspecified atom stereocenters. The van der Waals surface area contributed by atoms with Gasteiger partial charge in [0.25, 0.3) is 0 Å². The van der Waals surface area contributed by atoms with Gasteiger partial charge >= 0.3 is 0 Å². The van der Waals surface area contributed by atoms with E-state index in [2.05, 4.69) is 269 Å². The van der Waals surface area contributed by atoms with Gasteiger partial charge in [-0.25, -0.2) is 0 Å². The summed E-state index contributed by atoms with van der Waals surface area (Å²) < 4.78 is 14.1. The molecule has 0 aliphatic heterocycles. The molecule has 12 aromatic carbocycles. The van der Waals surface area contributed by atoms with Gasteiger partial charge in [-0.1, -0.05) is 210 Å². The number of furan rings is 2. The first kappa shape index (κ1) is 44.3. The normalized spacial score (nSPS) is 15.1. The Kier molecular flexibility index (Phi) is 8.48. The summed E-state index contributed by atoms with van der Waals surface area (Å²) in [6, 6.07) is 88.3. The van der Waals surface area contributed by atoms with Crippen LogP contribution < -0.4 is 4.90 Å². The maximum atomic E-state index is 7.07. The Morgan fingerprint density at radius 3 is 1.50 bits per heavy atom. The highest BCUT2D eigenvalue weighted by atomic mass is 16.3. The standard InChI is InChI=1S/C77H51NO2/c1-75(2)58-29-15-12-26-52(58)70-72(75)71-67(69-56-28-14-19-33-65(56)80-74(69)70)53-38-36-48(41-61(53)76(71,3)4)78(47-35-34-44-20-8-9-23-46(44)40-47)49-37-39-54-62(42-49)77(59-30-16-10-24-50(59)51-25-11-17-31-60(51)77)63-43-57(45-21-6-5-7-22-45)73-68(66(54)63)55-27-13-18-32-64(55)79-73/h5-43H,1-4H3. The number of rotatable bonds is 4. The number of benzene rings is 12. The highest BCUT2D eigenvalue weighted by Gasteiger charge is 2.54. The van der Waals surface area contributed by atoms with Crippen molar-refractivity contribution in [2.75, 3.05) is 4.90 Å². The third kappa shape index (κ3) is 5.40. The van der Waals surface area contributed by atoms with E-state index in [1.165, 1.54) is 105 Å². The molecule has 14 aromatic rings. The number of anilines is 3. The van der Waals surface area contributed by atoms with E-state index in [1.807, 2.05) is 0 Å². The van der Waals surface area contributed by atoms with Crippen molar-refractivity contribution in [1.82, 2.24) is 0 Å². The molecular weight excluding hydrogens is 971 g/mol. The van der Waals surface area contributed by atoms with Crippen molar-refractivity contribution < 1.29 is 8.83 Å². The van der Waals surface area contributed by atoms with Crippen LogP contribution in [-0.2, 0) is 16.2 Å². The van der Waals surface area contributed by atoms with Gasteiger partial charge in [-0.05, 0) is 154 Å². The Bertz CT molecular complexity index is 5040. The summed E-state index contributed by atoms with van der Waals surface area (Å²) in [6.45, 7) is 9.76. The van der Waals surface area contributed by atoms with Crippen molar-refractivity contribution in [2.24, 2.45) is 0 Å². The molecule has 0 saturated heterocycles. The highest BCUT2D eigenvalue weighted by Crippen LogP contribution is 2.67. The molecule has 2 aromatic heterocycles. The molecule has 3 heteroatoms. The third-order valence-electron chi connectivity index (χ3n) is 19.2. The van der Waals surface area contributed by atoms with Gasteiger partial charge in [0.15, 0.2) is 0 Å². The average molecular weight is 1020 g/mol. The highest BCUT2D eigenvalue weighted by molar-refractivity contribution is 6.22. The van der Waals surface area contributed by atoms with Crippen molar-refractivity contribution in [2.45, 2.75) is 43.9 Å². The first-order valence-electron chi connectivity index (χ1n) is 28.2. The fraction of sp³-hybridized carbons (Fsp3) is 0.0909. The molecule has 0 atom stereocenters. The molecule has 376 valence electrons. The van der Waals surface area contributed by atoms with Crippen molar-refractivity contribution in [3.05, 3.63) is 281 Å². The van der Waals surface area contributed by atoms with Crippen molar-refractivity contribution in [1.29, 1.82) is 0 Å². The smallest absolute Gasteiger partial charge is 0.144 e. The minimum absolute atomic E-state index is 0.256. The quantitative estimate of drug-likeness (QED) is 0.176. The van der Waals surface area contributed by atoms with Crippen molar-refractivity contribution >= 4 is 71.7 Å². The lowest BCUT2D eigenvalue weighted by Crippen LogP contribution is -2.26. The van der Waals surface area contributed by atoms with Crippen LogP contribution >= 0.6 is 0 Å². The van der Waals surface area contributed by atoms with E-state index in [1.54, 1.807) is 0 Å². The van der Waals surface area contributed by atoms with E-state index in [9.17, 15) is 0 Å². The largest absolute Gasteiger partial charge is 0.455 e. The van der Waals surface area contributed by atoms with Crippen LogP contribution in [0.15, 0.2) is 245 Å². The van der Waals surface area contributed by atoms with Gasteiger partial charge in [0.05, 0.1) is 5.41 Å². The lowest BCUT2D eigenvalue weighted by atomic mass is 9.70. The molecule has 4 aliphatic carbocycles. The Balaban J connectivity index is 0.923. The summed E-state index contributed by atoms with van der Waals surface area (Å²) >= 11 is 0. The topological polar surface area (TPSA) is 29.5 Å². The number of hydrogen-bond donors (Lipinski definition) is 0. The zero-order valence-electron chi connectivity index (χ0n) is 44.8. The minimum Gasteiger partial charge on any atom is -0.455 e. The molecule has 0 fully saturated rings. The van der Waals surface area contributed by atoms with E-state index >= 15 is 0 Å². The van der Waals surface area contributed by atoms with Gasteiger partial charge in [0, 0.05) is 60.6 Å². The second-order valence-electron chi connectivity index (χ2n) is 23.8. The molecule has 0 radical (unpaired) electrons. The lowest BCUT2D eigenvalue weighted by molar-refractivity contribution is 0.600. The van der Waals surface area contributed by atoms with E-state index in [0.29, 0.717) is 0 Å². The van der Waals surface area contributed by atoms with Crippen LogP contribution in [0.2, 0.25) is 0 Å². The molecule has 80 heavy (non-hydrogen) atoms. The molecule has 2 heterocycles.